The van der Waals surface area contributed by atoms with E-state index in [0.717, 1.165) is 29.4 Å². The van der Waals surface area contributed by atoms with Crippen LogP contribution in [0, 0.1) is 17.2 Å². The predicted octanol–water partition coefficient (Wildman–Crippen LogP) is 3.81. The quantitative estimate of drug-likeness (QED) is 0.721. The van der Waals surface area contributed by atoms with Gasteiger partial charge in [-0.25, -0.2) is 4.79 Å². The van der Waals surface area contributed by atoms with Crippen molar-refractivity contribution in [2.75, 3.05) is 6.61 Å². The third-order valence-electron chi connectivity index (χ3n) is 5.22. The molecule has 0 saturated carbocycles. The molecule has 1 amide bonds. The number of ether oxygens (including phenoxy) is 1. The fourth-order valence-corrected chi connectivity index (χ4v) is 3.95. The summed E-state index contributed by atoms with van der Waals surface area (Å²) in [5.41, 5.74) is 5.10. The number of nitrogens with one attached hydrogen (secondary N) is 1. The Hall–Kier alpha value is -3.33. The maximum absolute atomic E-state index is 12.1. The Kier molecular flexibility index (Phi) is 5.22. The van der Waals surface area contributed by atoms with Crippen LogP contribution in [0.25, 0.3) is 10.9 Å². The fourth-order valence-electron chi connectivity index (χ4n) is 3.95. The Bertz CT molecular complexity index is 1080. The van der Waals surface area contributed by atoms with E-state index in [2.05, 4.69) is 20.9 Å². The van der Waals surface area contributed by atoms with Crippen molar-refractivity contribution in [2.45, 2.75) is 39.3 Å². The van der Waals surface area contributed by atoms with E-state index in [0.29, 0.717) is 24.6 Å². The van der Waals surface area contributed by atoms with Gasteiger partial charge in [0.25, 0.3) is 0 Å². The Morgan fingerprint density at radius 1 is 1.34 bits per heavy atom. The zero-order valence-electron chi connectivity index (χ0n) is 16.7. The molecule has 1 aliphatic rings. The number of benzene rings is 1. The van der Waals surface area contributed by atoms with Crippen molar-refractivity contribution in [3.8, 4) is 6.07 Å². The smallest absolute Gasteiger partial charge is 0.407 e. The van der Waals surface area contributed by atoms with E-state index in [9.17, 15) is 10.1 Å². The van der Waals surface area contributed by atoms with Crippen molar-refractivity contribution in [1.29, 1.82) is 5.26 Å². The lowest BCUT2D eigenvalue weighted by Crippen LogP contribution is -2.36. The van der Waals surface area contributed by atoms with Crippen molar-refractivity contribution in [2.24, 2.45) is 5.92 Å². The molecule has 0 spiro atoms. The van der Waals surface area contributed by atoms with Gasteiger partial charge in [-0.05, 0) is 48.2 Å². The Balaban J connectivity index is 1.64. The molecule has 0 fully saturated rings. The number of carbonyl (C=O) groups is 1. The number of amides is 1. The summed E-state index contributed by atoms with van der Waals surface area (Å²) in [5.74, 6) is 0.303. The summed E-state index contributed by atoms with van der Waals surface area (Å²) in [4.78, 5) is 16.6. The SMILES string of the molecule is CC(C)COC(=O)NC1Cc2c(n(Cc3ccccn3)c3ccc(C#N)cc23)C1. The van der Waals surface area contributed by atoms with Crippen LogP contribution < -0.4 is 5.32 Å². The van der Waals surface area contributed by atoms with Gasteiger partial charge in [0, 0.05) is 35.3 Å². The van der Waals surface area contributed by atoms with Crippen LogP contribution in [0.15, 0.2) is 42.6 Å². The van der Waals surface area contributed by atoms with Gasteiger partial charge < -0.3 is 14.6 Å². The van der Waals surface area contributed by atoms with Crippen LogP contribution in [-0.2, 0) is 24.1 Å². The van der Waals surface area contributed by atoms with Crippen LogP contribution in [0.3, 0.4) is 0 Å². The van der Waals surface area contributed by atoms with Gasteiger partial charge in [-0.15, -0.1) is 0 Å². The van der Waals surface area contributed by atoms with E-state index in [1.165, 1.54) is 11.3 Å². The number of nitrogens with zero attached hydrogens (tertiary/aromatic N) is 3. The van der Waals surface area contributed by atoms with E-state index in [1.807, 2.05) is 50.2 Å². The molecular weight excluding hydrogens is 364 g/mol. The van der Waals surface area contributed by atoms with Crippen molar-refractivity contribution in [3.63, 3.8) is 0 Å². The number of pyridine rings is 1. The molecule has 4 rings (SSSR count). The van der Waals surface area contributed by atoms with Gasteiger partial charge in [0.2, 0.25) is 0 Å². The standard InChI is InChI=1S/C23H24N4O2/c1-15(2)14-29-23(28)26-18-10-20-19-9-16(12-24)6-7-21(19)27(22(20)11-18)13-17-5-3-4-8-25-17/h3-9,15,18H,10-11,13-14H2,1-2H3,(H,26,28). The van der Waals surface area contributed by atoms with Crippen LogP contribution in [0.5, 0.6) is 0 Å². The monoisotopic (exact) mass is 388 g/mol. The number of hydrogen-bond acceptors (Lipinski definition) is 4. The minimum Gasteiger partial charge on any atom is -0.449 e. The number of fused-ring (bicyclic) bond motifs is 3. The molecule has 1 atom stereocenters. The third kappa shape index (κ3) is 3.95. The van der Waals surface area contributed by atoms with Gasteiger partial charge in [-0.2, -0.15) is 5.26 Å². The largest absolute Gasteiger partial charge is 0.449 e. The molecule has 6 nitrogen and oxygen atoms in total. The molecule has 2 aromatic heterocycles. The second-order valence-electron chi connectivity index (χ2n) is 7.92. The first kappa shape index (κ1) is 19.0. The molecule has 29 heavy (non-hydrogen) atoms. The summed E-state index contributed by atoms with van der Waals surface area (Å²) in [6, 6.07) is 13.9. The van der Waals surface area contributed by atoms with Crippen molar-refractivity contribution in [3.05, 3.63) is 65.1 Å². The second-order valence-corrected chi connectivity index (χ2v) is 7.92. The maximum Gasteiger partial charge on any atom is 0.407 e. The van der Waals surface area contributed by atoms with E-state index in [-0.39, 0.29) is 12.1 Å². The van der Waals surface area contributed by atoms with Crippen molar-refractivity contribution in [1.82, 2.24) is 14.9 Å². The Labute approximate surface area is 170 Å². The number of alkyl carbamates (subject to hydrolysis) is 1. The minimum atomic E-state index is -0.368. The maximum atomic E-state index is 12.1. The number of rotatable bonds is 5. The van der Waals surface area contributed by atoms with Crippen molar-refractivity contribution >= 4 is 17.0 Å². The van der Waals surface area contributed by atoms with Crippen LogP contribution in [-0.4, -0.2) is 28.3 Å². The number of nitriles is 1. The van der Waals surface area contributed by atoms with E-state index in [4.69, 9.17) is 4.74 Å². The first-order valence-corrected chi connectivity index (χ1v) is 9.92. The number of aromatic nitrogens is 2. The summed E-state index contributed by atoms with van der Waals surface area (Å²) in [6.07, 6.45) is 2.89. The highest BCUT2D eigenvalue weighted by molar-refractivity contribution is 5.88. The molecule has 1 unspecified atom stereocenters. The van der Waals surface area contributed by atoms with Crippen LogP contribution >= 0.6 is 0 Å². The summed E-state index contributed by atoms with van der Waals surface area (Å²) in [6.45, 7) is 5.09. The van der Waals surface area contributed by atoms with E-state index < -0.39 is 0 Å². The molecule has 6 heteroatoms. The third-order valence-corrected chi connectivity index (χ3v) is 5.22. The number of hydrogen-bond donors (Lipinski definition) is 1. The first-order valence-electron chi connectivity index (χ1n) is 9.92. The molecule has 0 saturated heterocycles. The van der Waals surface area contributed by atoms with Gasteiger partial charge in [0.15, 0.2) is 0 Å². The highest BCUT2D eigenvalue weighted by atomic mass is 16.5. The van der Waals surface area contributed by atoms with E-state index >= 15 is 0 Å². The van der Waals surface area contributed by atoms with Gasteiger partial charge in [-0.3, -0.25) is 4.98 Å². The summed E-state index contributed by atoms with van der Waals surface area (Å²) in [5, 5.41) is 13.4. The highest BCUT2D eigenvalue weighted by Crippen LogP contribution is 2.34. The zero-order valence-corrected chi connectivity index (χ0v) is 16.7. The molecular formula is C23H24N4O2. The fraction of sp³-hybridized carbons (Fsp3) is 0.348. The number of carbonyl (C=O) groups excluding carboxylic acids is 1. The molecule has 0 radical (unpaired) electrons. The molecule has 1 N–H and O–H groups in total. The summed E-state index contributed by atoms with van der Waals surface area (Å²) >= 11 is 0. The minimum absolute atomic E-state index is 0.00946. The normalized spacial score (nSPS) is 15.3. The second kappa shape index (κ2) is 7.96. The van der Waals surface area contributed by atoms with Crippen LogP contribution in [0.1, 0.15) is 36.4 Å². The lowest BCUT2D eigenvalue weighted by atomic mass is 10.1. The Morgan fingerprint density at radius 2 is 2.21 bits per heavy atom. The molecule has 1 aromatic carbocycles. The zero-order chi connectivity index (χ0) is 20.4. The molecule has 1 aliphatic carbocycles. The average molecular weight is 388 g/mol. The van der Waals surface area contributed by atoms with Crippen LogP contribution in [0.4, 0.5) is 4.79 Å². The molecule has 0 aliphatic heterocycles. The summed E-state index contributed by atoms with van der Waals surface area (Å²) < 4.78 is 7.54. The lowest BCUT2D eigenvalue weighted by molar-refractivity contribution is 0.129. The van der Waals surface area contributed by atoms with Gasteiger partial charge in [0.1, 0.15) is 0 Å². The predicted molar refractivity (Wildman–Crippen MR) is 111 cm³/mol. The van der Waals surface area contributed by atoms with Gasteiger partial charge >= 0.3 is 6.09 Å². The Morgan fingerprint density at radius 3 is 2.93 bits per heavy atom. The average Bonchev–Trinajstić information content (AvgIpc) is 3.25. The molecule has 0 bridgehead atoms. The van der Waals surface area contributed by atoms with E-state index in [1.54, 1.807) is 6.20 Å². The van der Waals surface area contributed by atoms with Crippen LogP contribution in [0.2, 0.25) is 0 Å². The highest BCUT2D eigenvalue weighted by Gasteiger charge is 2.30. The van der Waals surface area contributed by atoms with Crippen molar-refractivity contribution < 1.29 is 9.53 Å². The topological polar surface area (TPSA) is 79.9 Å². The molecule has 3 aromatic rings. The molecule has 148 valence electrons. The molecule has 2 heterocycles. The lowest BCUT2D eigenvalue weighted by Gasteiger charge is -2.15. The first-order chi connectivity index (χ1) is 14.0. The van der Waals surface area contributed by atoms with Gasteiger partial charge in [-0.1, -0.05) is 19.9 Å². The summed E-state index contributed by atoms with van der Waals surface area (Å²) in [7, 11) is 0. The van der Waals surface area contributed by atoms with Gasteiger partial charge in [0.05, 0.1) is 30.5 Å².